The number of carboxylic acids is 1. The molecule has 13 heavy (non-hydrogen) atoms. The molecule has 3 nitrogen and oxygen atoms in total. The van der Waals surface area contributed by atoms with E-state index in [0.29, 0.717) is 6.04 Å². The van der Waals surface area contributed by atoms with E-state index in [1.807, 2.05) is 11.8 Å². The molecule has 2 atom stereocenters. The van der Waals surface area contributed by atoms with Gasteiger partial charge in [-0.05, 0) is 25.1 Å². The largest absolute Gasteiger partial charge is 0.481 e. The number of carbonyl (C=O) groups is 1. The second-order valence-electron chi connectivity index (χ2n) is 3.84. The highest BCUT2D eigenvalue weighted by Crippen LogP contribution is 2.27. The van der Waals surface area contributed by atoms with Crippen molar-refractivity contribution in [3.05, 3.63) is 0 Å². The van der Waals surface area contributed by atoms with Crippen LogP contribution in [0.3, 0.4) is 0 Å². The quantitative estimate of drug-likeness (QED) is 0.720. The van der Waals surface area contributed by atoms with Crippen LogP contribution in [0.4, 0.5) is 0 Å². The number of aliphatic carboxylic acids is 1. The van der Waals surface area contributed by atoms with Gasteiger partial charge >= 0.3 is 5.97 Å². The predicted octanol–water partition coefficient (Wildman–Crippen LogP) is 0.898. The summed E-state index contributed by atoms with van der Waals surface area (Å²) in [5.74, 6) is 1.73. The average Bonchev–Trinajstić information content (AvgIpc) is 2.75. The minimum atomic E-state index is -0.617. The molecule has 0 bridgehead atoms. The molecule has 1 N–H and O–H groups in total. The van der Waals surface area contributed by atoms with Crippen molar-refractivity contribution in [2.75, 3.05) is 24.6 Å². The van der Waals surface area contributed by atoms with E-state index >= 15 is 0 Å². The fourth-order valence-electron chi connectivity index (χ4n) is 2.13. The maximum atomic E-state index is 10.7. The molecule has 2 saturated heterocycles. The van der Waals surface area contributed by atoms with E-state index in [4.69, 9.17) is 5.11 Å². The van der Waals surface area contributed by atoms with Crippen LogP contribution < -0.4 is 0 Å². The van der Waals surface area contributed by atoms with Crippen molar-refractivity contribution in [1.82, 2.24) is 4.90 Å². The molecule has 0 aromatic carbocycles. The van der Waals surface area contributed by atoms with Gasteiger partial charge in [0, 0.05) is 18.3 Å². The number of hydrogen-bond donors (Lipinski definition) is 1. The van der Waals surface area contributed by atoms with E-state index in [0.717, 1.165) is 19.5 Å². The van der Waals surface area contributed by atoms with Gasteiger partial charge < -0.3 is 5.11 Å². The van der Waals surface area contributed by atoms with Gasteiger partial charge in [-0.2, -0.15) is 11.8 Å². The minimum absolute atomic E-state index is 0.106. The van der Waals surface area contributed by atoms with Crippen LogP contribution in [0.2, 0.25) is 0 Å². The number of nitrogens with zero attached hydrogens (tertiary/aromatic N) is 1. The number of thioether (sulfide) groups is 1. The van der Waals surface area contributed by atoms with Crippen LogP contribution in [0, 0.1) is 5.92 Å². The second-order valence-corrected chi connectivity index (χ2v) is 4.99. The zero-order valence-electron chi connectivity index (χ0n) is 7.61. The van der Waals surface area contributed by atoms with Gasteiger partial charge in [-0.25, -0.2) is 0 Å². The molecule has 74 valence electrons. The smallest absolute Gasteiger partial charge is 0.307 e. The lowest BCUT2D eigenvalue weighted by Crippen LogP contribution is -2.33. The molecule has 0 spiro atoms. The molecular formula is C9H15NO2S. The normalized spacial score (nSPS) is 35.4. The van der Waals surface area contributed by atoms with Gasteiger partial charge in [0.25, 0.3) is 0 Å². The van der Waals surface area contributed by atoms with Gasteiger partial charge in [-0.1, -0.05) is 0 Å². The Morgan fingerprint density at radius 1 is 1.46 bits per heavy atom. The van der Waals surface area contributed by atoms with Gasteiger partial charge in [0.1, 0.15) is 0 Å². The number of rotatable bonds is 2. The average molecular weight is 201 g/mol. The third-order valence-corrected chi connectivity index (χ3v) is 4.14. The Bertz CT molecular complexity index is 204. The first kappa shape index (κ1) is 9.34. The molecule has 0 aromatic heterocycles. The number of carboxylic acid groups (broad SMARTS) is 1. The molecular weight excluding hydrogens is 186 g/mol. The Morgan fingerprint density at radius 3 is 2.85 bits per heavy atom. The Kier molecular flexibility index (Phi) is 2.79. The molecule has 2 rings (SSSR count). The monoisotopic (exact) mass is 201 g/mol. The molecule has 0 aromatic rings. The zero-order chi connectivity index (χ0) is 9.26. The summed E-state index contributed by atoms with van der Waals surface area (Å²) in [6.07, 6.45) is 2.09. The van der Waals surface area contributed by atoms with Crippen LogP contribution in [-0.2, 0) is 4.79 Å². The minimum Gasteiger partial charge on any atom is -0.481 e. The Morgan fingerprint density at radius 2 is 2.31 bits per heavy atom. The molecule has 2 fully saturated rings. The van der Waals surface area contributed by atoms with Gasteiger partial charge in [-0.15, -0.1) is 0 Å². The maximum absolute atomic E-state index is 10.7. The van der Waals surface area contributed by atoms with Crippen molar-refractivity contribution in [2.24, 2.45) is 5.92 Å². The third kappa shape index (κ3) is 1.99. The summed E-state index contributed by atoms with van der Waals surface area (Å²) in [4.78, 5) is 13.1. The Hall–Kier alpha value is -0.220. The first-order valence-electron chi connectivity index (χ1n) is 4.82. The summed E-state index contributed by atoms with van der Waals surface area (Å²) < 4.78 is 0. The summed E-state index contributed by atoms with van der Waals surface area (Å²) in [7, 11) is 0. The molecule has 0 saturated carbocycles. The van der Waals surface area contributed by atoms with Gasteiger partial charge in [0.2, 0.25) is 0 Å². The molecule has 0 aliphatic carbocycles. The zero-order valence-corrected chi connectivity index (χ0v) is 8.42. The van der Waals surface area contributed by atoms with Crippen LogP contribution in [0.5, 0.6) is 0 Å². The van der Waals surface area contributed by atoms with E-state index in [2.05, 4.69) is 4.90 Å². The molecule has 2 aliphatic heterocycles. The van der Waals surface area contributed by atoms with Crippen LogP contribution in [0.25, 0.3) is 0 Å². The van der Waals surface area contributed by atoms with Crippen molar-refractivity contribution in [1.29, 1.82) is 0 Å². The van der Waals surface area contributed by atoms with Gasteiger partial charge in [-0.3, -0.25) is 9.69 Å². The lowest BCUT2D eigenvalue weighted by atomic mass is 10.1. The van der Waals surface area contributed by atoms with E-state index in [1.165, 1.54) is 17.9 Å². The molecule has 0 amide bonds. The summed E-state index contributed by atoms with van der Waals surface area (Å²) in [6.45, 7) is 1.77. The first-order chi connectivity index (χ1) is 6.27. The van der Waals surface area contributed by atoms with Crippen molar-refractivity contribution < 1.29 is 9.90 Å². The Labute approximate surface area is 82.5 Å². The van der Waals surface area contributed by atoms with Crippen LogP contribution in [0.1, 0.15) is 12.8 Å². The molecule has 2 aliphatic rings. The fraction of sp³-hybridized carbons (Fsp3) is 0.889. The van der Waals surface area contributed by atoms with Crippen molar-refractivity contribution in [3.8, 4) is 0 Å². The summed E-state index contributed by atoms with van der Waals surface area (Å²) in [6, 6.07) is 0.661. The van der Waals surface area contributed by atoms with E-state index in [1.54, 1.807) is 0 Å². The highest BCUT2D eigenvalue weighted by atomic mass is 32.2. The molecule has 0 radical (unpaired) electrons. The maximum Gasteiger partial charge on any atom is 0.307 e. The second kappa shape index (κ2) is 3.88. The van der Waals surface area contributed by atoms with Crippen LogP contribution in [-0.4, -0.2) is 46.6 Å². The highest BCUT2D eigenvalue weighted by molar-refractivity contribution is 7.99. The van der Waals surface area contributed by atoms with Crippen LogP contribution >= 0.6 is 11.8 Å². The Balaban J connectivity index is 1.86. The third-order valence-electron chi connectivity index (χ3n) is 2.99. The lowest BCUT2D eigenvalue weighted by Gasteiger charge is -2.22. The van der Waals surface area contributed by atoms with Crippen molar-refractivity contribution >= 4 is 17.7 Å². The van der Waals surface area contributed by atoms with E-state index in [9.17, 15) is 4.79 Å². The highest BCUT2D eigenvalue weighted by Gasteiger charge is 2.33. The van der Waals surface area contributed by atoms with Crippen molar-refractivity contribution in [3.63, 3.8) is 0 Å². The number of likely N-dealkylation sites (tertiary alicyclic amines) is 1. The van der Waals surface area contributed by atoms with Crippen LogP contribution in [0.15, 0.2) is 0 Å². The fourth-order valence-corrected chi connectivity index (χ4v) is 3.39. The summed E-state index contributed by atoms with van der Waals surface area (Å²) in [5.41, 5.74) is 0. The summed E-state index contributed by atoms with van der Waals surface area (Å²) >= 11 is 1.99. The van der Waals surface area contributed by atoms with Crippen molar-refractivity contribution in [2.45, 2.75) is 18.9 Å². The summed E-state index contributed by atoms with van der Waals surface area (Å²) in [5, 5.41) is 8.84. The van der Waals surface area contributed by atoms with E-state index < -0.39 is 5.97 Å². The molecule has 4 heteroatoms. The van der Waals surface area contributed by atoms with Gasteiger partial charge in [0.05, 0.1) is 5.92 Å². The number of hydrogen-bond acceptors (Lipinski definition) is 3. The standard InChI is InChI=1S/C9H15NO2S/c11-9(12)7-1-3-10(5-7)8-2-4-13-6-8/h7-8H,1-6H2,(H,11,12)/t7-,8-/m1/s1. The molecule has 0 unspecified atom stereocenters. The predicted molar refractivity (Wildman–Crippen MR) is 53.0 cm³/mol. The van der Waals surface area contributed by atoms with E-state index in [-0.39, 0.29) is 5.92 Å². The molecule has 2 heterocycles. The first-order valence-corrected chi connectivity index (χ1v) is 5.97. The van der Waals surface area contributed by atoms with Gasteiger partial charge in [0.15, 0.2) is 0 Å². The topological polar surface area (TPSA) is 40.5 Å². The SMILES string of the molecule is O=C(O)[C@@H]1CCN([C@@H]2CCSC2)C1. The lowest BCUT2D eigenvalue weighted by molar-refractivity contribution is -0.141.